The quantitative estimate of drug-likeness (QED) is 0.569. The van der Waals surface area contributed by atoms with E-state index in [1.54, 1.807) is 37.3 Å². The fraction of sp³-hybridized carbons (Fsp3) is 0.0909. The van der Waals surface area contributed by atoms with Gasteiger partial charge in [-0.2, -0.15) is 10.1 Å². The fourth-order valence-corrected chi connectivity index (χ4v) is 3.61. The van der Waals surface area contributed by atoms with Gasteiger partial charge in [-0.15, -0.1) is 0 Å². The number of carbonyl (C=O) groups is 1. The summed E-state index contributed by atoms with van der Waals surface area (Å²) in [6.07, 6.45) is 1.19. The number of hydrogen-bond donors (Lipinski definition) is 2. The van der Waals surface area contributed by atoms with Crippen molar-refractivity contribution < 1.29 is 9.90 Å². The molecule has 0 fully saturated rings. The molecule has 4 rings (SSSR count). The molecule has 1 aliphatic rings. The third-order valence-corrected chi connectivity index (χ3v) is 5.46. The standard InChI is InChI=1S/C22H16Cl2N4O4/c1-11-3-6-14(7-4-11)27-20(30)16(19(29)25-22(27)32)10-15-12(2)26-28(21(15)31)18-9-13(23)5-8-17(18)24/h3-10,30H,1-2H3,(H,25,29,32)/b15-10-. The van der Waals surface area contributed by atoms with Gasteiger partial charge in [-0.05, 0) is 50.3 Å². The first-order valence-electron chi connectivity index (χ1n) is 9.39. The van der Waals surface area contributed by atoms with Crippen LogP contribution in [0.3, 0.4) is 0 Å². The van der Waals surface area contributed by atoms with Crippen molar-refractivity contribution in [2.24, 2.45) is 5.10 Å². The molecule has 2 aromatic carbocycles. The second-order valence-electron chi connectivity index (χ2n) is 7.12. The number of hydrazone groups is 1. The summed E-state index contributed by atoms with van der Waals surface area (Å²) in [5, 5.41) is 16.7. The Labute approximate surface area is 191 Å². The minimum atomic E-state index is -0.844. The van der Waals surface area contributed by atoms with Crippen LogP contribution in [-0.4, -0.2) is 26.3 Å². The van der Waals surface area contributed by atoms with Gasteiger partial charge in [-0.25, -0.2) is 9.36 Å². The molecule has 0 aliphatic carbocycles. The number of rotatable bonds is 3. The molecule has 3 aromatic rings. The van der Waals surface area contributed by atoms with E-state index in [2.05, 4.69) is 10.1 Å². The van der Waals surface area contributed by atoms with Crippen LogP contribution in [0.25, 0.3) is 11.8 Å². The van der Waals surface area contributed by atoms with Gasteiger partial charge in [0.2, 0.25) is 5.88 Å². The summed E-state index contributed by atoms with van der Waals surface area (Å²) < 4.78 is 0.949. The van der Waals surface area contributed by atoms with Crippen LogP contribution < -0.4 is 16.3 Å². The van der Waals surface area contributed by atoms with E-state index in [0.29, 0.717) is 10.7 Å². The molecule has 0 atom stereocenters. The number of amides is 1. The molecule has 1 aliphatic heterocycles. The number of H-pyrrole nitrogens is 1. The average molecular weight is 471 g/mol. The maximum Gasteiger partial charge on any atom is 0.335 e. The molecule has 0 saturated carbocycles. The van der Waals surface area contributed by atoms with E-state index in [9.17, 15) is 19.5 Å². The van der Waals surface area contributed by atoms with E-state index < -0.39 is 23.0 Å². The van der Waals surface area contributed by atoms with Gasteiger partial charge in [0.1, 0.15) is 5.56 Å². The molecule has 10 heteroatoms. The van der Waals surface area contributed by atoms with Gasteiger partial charge in [0.15, 0.2) is 0 Å². The van der Waals surface area contributed by atoms with E-state index in [-0.39, 0.29) is 27.6 Å². The van der Waals surface area contributed by atoms with E-state index in [1.165, 1.54) is 18.2 Å². The van der Waals surface area contributed by atoms with Gasteiger partial charge in [0, 0.05) is 5.02 Å². The largest absolute Gasteiger partial charge is 0.494 e. The van der Waals surface area contributed by atoms with Crippen LogP contribution >= 0.6 is 23.2 Å². The SMILES string of the molecule is CC1=NN(c2cc(Cl)ccc2Cl)C(=O)/C1=C\c1c(O)n(-c2ccc(C)cc2)c(=O)[nH]c1=O. The monoisotopic (exact) mass is 470 g/mol. The Hall–Kier alpha value is -3.62. The van der Waals surface area contributed by atoms with Gasteiger partial charge in [0.05, 0.1) is 27.7 Å². The van der Waals surface area contributed by atoms with Crippen molar-refractivity contribution in [1.29, 1.82) is 0 Å². The number of nitrogens with zero attached hydrogens (tertiary/aromatic N) is 3. The maximum absolute atomic E-state index is 13.0. The first-order valence-corrected chi connectivity index (χ1v) is 10.1. The van der Waals surface area contributed by atoms with Crippen molar-refractivity contribution >= 4 is 46.6 Å². The van der Waals surface area contributed by atoms with Gasteiger partial charge < -0.3 is 5.11 Å². The molecule has 0 bridgehead atoms. The highest BCUT2D eigenvalue weighted by atomic mass is 35.5. The van der Waals surface area contributed by atoms with Crippen LogP contribution in [0.15, 0.2) is 62.7 Å². The highest BCUT2D eigenvalue weighted by Crippen LogP contribution is 2.33. The Kier molecular flexibility index (Phi) is 5.50. The van der Waals surface area contributed by atoms with Crippen molar-refractivity contribution in [2.45, 2.75) is 13.8 Å². The summed E-state index contributed by atoms with van der Waals surface area (Å²) in [5.74, 6) is -1.17. The van der Waals surface area contributed by atoms with E-state index in [0.717, 1.165) is 15.1 Å². The van der Waals surface area contributed by atoms with Crippen molar-refractivity contribution in [3.8, 4) is 11.6 Å². The molecule has 1 amide bonds. The number of aromatic nitrogens is 2. The van der Waals surface area contributed by atoms with Crippen LogP contribution in [0.4, 0.5) is 5.69 Å². The number of aromatic hydroxyl groups is 1. The third-order valence-electron chi connectivity index (χ3n) is 4.90. The van der Waals surface area contributed by atoms with Crippen molar-refractivity contribution in [1.82, 2.24) is 9.55 Å². The number of hydrogen-bond acceptors (Lipinski definition) is 5. The van der Waals surface area contributed by atoms with Crippen molar-refractivity contribution in [2.75, 3.05) is 5.01 Å². The number of carbonyl (C=O) groups excluding carboxylic acids is 1. The number of anilines is 1. The smallest absolute Gasteiger partial charge is 0.335 e. The number of nitrogens with one attached hydrogen (secondary N) is 1. The lowest BCUT2D eigenvalue weighted by Gasteiger charge is -2.14. The summed E-state index contributed by atoms with van der Waals surface area (Å²) in [6, 6.07) is 11.4. The van der Waals surface area contributed by atoms with Crippen LogP contribution in [0.1, 0.15) is 18.1 Å². The van der Waals surface area contributed by atoms with Gasteiger partial charge in [0.25, 0.3) is 11.5 Å². The number of halogens is 2. The molecule has 0 radical (unpaired) electrons. The summed E-state index contributed by atoms with van der Waals surface area (Å²) in [7, 11) is 0. The lowest BCUT2D eigenvalue weighted by atomic mass is 10.1. The molecular weight excluding hydrogens is 455 g/mol. The predicted molar refractivity (Wildman–Crippen MR) is 124 cm³/mol. The normalized spacial score (nSPS) is 14.9. The second kappa shape index (κ2) is 8.14. The Morgan fingerprint density at radius 3 is 2.41 bits per heavy atom. The molecule has 2 heterocycles. The number of benzene rings is 2. The molecule has 0 spiro atoms. The number of aromatic amines is 1. The van der Waals surface area contributed by atoms with Crippen molar-refractivity contribution in [3.63, 3.8) is 0 Å². The average Bonchev–Trinajstić information content (AvgIpc) is 3.01. The summed E-state index contributed by atoms with van der Waals surface area (Å²) in [6.45, 7) is 3.45. The van der Waals surface area contributed by atoms with Gasteiger partial charge in [-0.1, -0.05) is 40.9 Å². The van der Waals surface area contributed by atoms with Crippen LogP contribution in [-0.2, 0) is 4.79 Å². The van der Waals surface area contributed by atoms with Crippen LogP contribution in [0.2, 0.25) is 10.0 Å². The zero-order chi connectivity index (χ0) is 23.2. The minimum Gasteiger partial charge on any atom is -0.494 e. The summed E-state index contributed by atoms with van der Waals surface area (Å²) in [4.78, 5) is 40.1. The zero-order valence-corrected chi connectivity index (χ0v) is 18.4. The highest BCUT2D eigenvalue weighted by Gasteiger charge is 2.31. The molecule has 8 nitrogen and oxygen atoms in total. The molecule has 2 N–H and O–H groups in total. The molecular formula is C22H16Cl2N4O4. The van der Waals surface area contributed by atoms with E-state index in [1.807, 2.05) is 6.92 Å². The predicted octanol–water partition coefficient (Wildman–Crippen LogP) is 3.65. The minimum absolute atomic E-state index is 0.0518. The van der Waals surface area contributed by atoms with Crippen LogP contribution in [0.5, 0.6) is 5.88 Å². The molecule has 32 heavy (non-hydrogen) atoms. The first kappa shape index (κ1) is 21.6. The zero-order valence-electron chi connectivity index (χ0n) is 16.9. The highest BCUT2D eigenvalue weighted by molar-refractivity contribution is 6.38. The van der Waals surface area contributed by atoms with Crippen LogP contribution in [0, 0.1) is 6.92 Å². The molecule has 162 valence electrons. The second-order valence-corrected chi connectivity index (χ2v) is 7.97. The molecule has 0 saturated heterocycles. The molecule has 0 unspecified atom stereocenters. The lowest BCUT2D eigenvalue weighted by Crippen LogP contribution is -2.30. The van der Waals surface area contributed by atoms with Crippen molar-refractivity contribution in [3.05, 3.63) is 90.0 Å². The summed E-state index contributed by atoms with van der Waals surface area (Å²) in [5.41, 5.74) is 0.00326. The Morgan fingerprint density at radius 2 is 1.72 bits per heavy atom. The Bertz CT molecular complexity index is 1440. The van der Waals surface area contributed by atoms with Gasteiger partial charge >= 0.3 is 5.69 Å². The number of aryl methyl sites for hydroxylation is 1. The fourth-order valence-electron chi connectivity index (χ4n) is 3.24. The Balaban J connectivity index is 1.83. The lowest BCUT2D eigenvalue weighted by molar-refractivity contribution is -0.114. The topological polar surface area (TPSA) is 108 Å². The Morgan fingerprint density at radius 1 is 1.03 bits per heavy atom. The molecule has 1 aromatic heterocycles. The summed E-state index contributed by atoms with van der Waals surface area (Å²) >= 11 is 12.2. The first-order chi connectivity index (χ1) is 15.2. The third kappa shape index (κ3) is 3.74. The maximum atomic E-state index is 13.0. The van der Waals surface area contributed by atoms with E-state index in [4.69, 9.17) is 23.2 Å². The van der Waals surface area contributed by atoms with E-state index >= 15 is 0 Å². The van der Waals surface area contributed by atoms with Gasteiger partial charge in [-0.3, -0.25) is 14.6 Å².